The zero-order valence-electron chi connectivity index (χ0n) is 10.3. The second-order valence-electron chi connectivity index (χ2n) is 3.57. The standard InChI is InChI=1S/C12H19BO3/c1-14-4-3-5-16-12-7-10(9-13)6-11(8-12)15-2/h6-8H,3-5,9,13H2,1-2H3. The van der Waals surface area contributed by atoms with Crippen molar-refractivity contribution in [1.29, 1.82) is 0 Å². The van der Waals surface area contributed by atoms with Crippen molar-refractivity contribution in [3.05, 3.63) is 23.8 Å². The third kappa shape index (κ3) is 4.15. The minimum atomic E-state index is 0.671. The predicted octanol–water partition coefficient (Wildman–Crippen LogP) is 1.24. The molecule has 0 spiro atoms. The molecule has 0 aliphatic heterocycles. The molecule has 0 unspecified atom stereocenters. The molecule has 0 heterocycles. The van der Waals surface area contributed by atoms with E-state index in [9.17, 15) is 0 Å². The molecule has 4 heteroatoms. The van der Waals surface area contributed by atoms with Gasteiger partial charge in [0.25, 0.3) is 0 Å². The van der Waals surface area contributed by atoms with E-state index in [1.54, 1.807) is 14.2 Å². The van der Waals surface area contributed by atoms with Gasteiger partial charge in [-0.1, -0.05) is 6.32 Å². The van der Waals surface area contributed by atoms with Gasteiger partial charge in [-0.25, -0.2) is 0 Å². The van der Waals surface area contributed by atoms with Crippen molar-refractivity contribution in [3.8, 4) is 11.5 Å². The average molecular weight is 222 g/mol. The lowest BCUT2D eigenvalue weighted by atomic mass is 9.97. The first-order valence-electron chi connectivity index (χ1n) is 5.59. The molecule has 0 aliphatic rings. The van der Waals surface area contributed by atoms with Crippen LogP contribution in [0.4, 0.5) is 0 Å². The van der Waals surface area contributed by atoms with E-state index in [4.69, 9.17) is 14.2 Å². The summed E-state index contributed by atoms with van der Waals surface area (Å²) >= 11 is 0. The van der Waals surface area contributed by atoms with E-state index in [1.165, 1.54) is 5.56 Å². The zero-order valence-corrected chi connectivity index (χ0v) is 10.3. The minimum absolute atomic E-state index is 0.671. The number of hydrogen-bond acceptors (Lipinski definition) is 3. The smallest absolute Gasteiger partial charge is 0.123 e. The fourth-order valence-electron chi connectivity index (χ4n) is 1.43. The fraction of sp³-hybridized carbons (Fsp3) is 0.500. The Labute approximate surface area is 98.1 Å². The molecular formula is C12H19BO3. The van der Waals surface area contributed by atoms with E-state index in [2.05, 4.69) is 13.9 Å². The average Bonchev–Trinajstić information content (AvgIpc) is 2.34. The molecule has 88 valence electrons. The van der Waals surface area contributed by atoms with Crippen LogP contribution in [0.1, 0.15) is 12.0 Å². The highest BCUT2D eigenvalue weighted by molar-refractivity contribution is 6.08. The van der Waals surface area contributed by atoms with Gasteiger partial charge >= 0.3 is 0 Å². The first-order chi connectivity index (χ1) is 7.80. The van der Waals surface area contributed by atoms with Crippen LogP contribution in [0.3, 0.4) is 0 Å². The molecule has 1 rings (SSSR count). The highest BCUT2D eigenvalue weighted by Gasteiger charge is 2.01. The Morgan fingerprint density at radius 3 is 2.44 bits per heavy atom. The van der Waals surface area contributed by atoms with Crippen LogP contribution >= 0.6 is 0 Å². The topological polar surface area (TPSA) is 27.7 Å². The van der Waals surface area contributed by atoms with Crippen molar-refractivity contribution < 1.29 is 14.2 Å². The first kappa shape index (κ1) is 12.9. The van der Waals surface area contributed by atoms with Crippen molar-refractivity contribution in [2.75, 3.05) is 27.4 Å². The van der Waals surface area contributed by atoms with Gasteiger partial charge < -0.3 is 14.2 Å². The van der Waals surface area contributed by atoms with Gasteiger partial charge in [0.2, 0.25) is 0 Å². The first-order valence-corrected chi connectivity index (χ1v) is 5.59. The number of ether oxygens (including phenoxy) is 3. The van der Waals surface area contributed by atoms with Crippen LogP contribution in [0, 0.1) is 0 Å². The Morgan fingerprint density at radius 1 is 1.06 bits per heavy atom. The van der Waals surface area contributed by atoms with Crippen LogP contribution in [0.5, 0.6) is 11.5 Å². The molecule has 0 fully saturated rings. The maximum atomic E-state index is 5.63. The van der Waals surface area contributed by atoms with Crippen molar-refractivity contribution in [2.45, 2.75) is 12.7 Å². The molecule has 3 nitrogen and oxygen atoms in total. The summed E-state index contributed by atoms with van der Waals surface area (Å²) in [5, 5.41) is 0. The van der Waals surface area contributed by atoms with Gasteiger partial charge in [-0.3, -0.25) is 0 Å². The van der Waals surface area contributed by atoms with Gasteiger partial charge in [0.15, 0.2) is 0 Å². The van der Waals surface area contributed by atoms with Crippen LogP contribution in [0.15, 0.2) is 18.2 Å². The largest absolute Gasteiger partial charge is 0.497 e. The van der Waals surface area contributed by atoms with Gasteiger partial charge in [0.05, 0.1) is 13.7 Å². The summed E-state index contributed by atoms with van der Waals surface area (Å²) in [5.41, 5.74) is 1.22. The zero-order chi connectivity index (χ0) is 11.8. The summed E-state index contributed by atoms with van der Waals surface area (Å²) < 4.78 is 15.8. The van der Waals surface area contributed by atoms with Gasteiger partial charge in [0, 0.05) is 26.2 Å². The highest BCUT2D eigenvalue weighted by Crippen LogP contribution is 2.22. The van der Waals surface area contributed by atoms with Crippen LogP contribution in [-0.2, 0) is 11.1 Å². The van der Waals surface area contributed by atoms with Crippen LogP contribution in [0.2, 0.25) is 0 Å². The van der Waals surface area contributed by atoms with E-state index >= 15 is 0 Å². The number of methoxy groups -OCH3 is 2. The lowest BCUT2D eigenvalue weighted by molar-refractivity contribution is 0.172. The fourth-order valence-corrected chi connectivity index (χ4v) is 1.43. The molecule has 0 aliphatic carbocycles. The predicted molar refractivity (Wildman–Crippen MR) is 67.2 cm³/mol. The minimum Gasteiger partial charge on any atom is -0.497 e. The van der Waals surface area contributed by atoms with Gasteiger partial charge in [0.1, 0.15) is 19.3 Å². The number of rotatable bonds is 7. The van der Waals surface area contributed by atoms with Crippen LogP contribution in [-0.4, -0.2) is 35.3 Å². The molecule has 0 atom stereocenters. The number of benzene rings is 1. The summed E-state index contributed by atoms with van der Waals surface area (Å²) in [6, 6.07) is 5.99. The Morgan fingerprint density at radius 2 is 1.81 bits per heavy atom. The van der Waals surface area contributed by atoms with Gasteiger partial charge in [-0.05, 0) is 17.7 Å². The molecule has 0 bridgehead atoms. The van der Waals surface area contributed by atoms with E-state index in [-0.39, 0.29) is 0 Å². The van der Waals surface area contributed by atoms with Crippen molar-refractivity contribution >= 4 is 7.85 Å². The van der Waals surface area contributed by atoms with Gasteiger partial charge in [-0.2, -0.15) is 0 Å². The Balaban J connectivity index is 2.57. The quantitative estimate of drug-likeness (QED) is 0.513. The number of hydrogen-bond donors (Lipinski definition) is 0. The summed E-state index contributed by atoms with van der Waals surface area (Å²) in [6.45, 7) is 1.40. The lowest BCUT2D eigenvalue weighted by Crippen LogP contribution is -2.02. The SMILES string of the molecule is BCc1cc(OC)cc(OCCCOC)c1. The third-order valence-electron chi connectivity index (χ3n) is 2.35. The molecule has 0 saturated heterocycles. The van der Waals surface area contributed by atoms with Gasteiger partial charge in [-0.15, -0.1) is 0 Å². The maximum Gasteiger partial charge on any atom is 0.123 e. The molecule has 16 heavy (non-hydrogen) atoms. The maximum absolute atomic E-state index is 5.63. The second kappa shape index (κ2) is 7.17. The molecule has 1 aromatic rings. The normalized spacial score (nSPS) is 10.1. The summed E-state index contributed by atoms with van der Waals surface area (Å²) in [4.78, 5) is 0. The summed E-state index contributed by atoms with van der Waals surface area (Å²) in [6.07, 6.45) is 1.88. The molecule has 0 radical (unpaired) electrons. The van der Waals surface area contributed by atoms with E-state index in [0.29, 0.717) is 6.61 Å². The monoisotopic (exact) mass is 222 g/mol. The second-order valence-corrected chi connectivity index (χ2v) is 3.57. The molecule has 0 amide bonds. The lowest BCUT2D eigenvalue weighted by Gasteiger charge is -2.09. The summed E-state index contributed by atoms with van der Waals surface area (Å²) in [5.74, 6) is 1.72. The molecule has 0 aromatic heterocycles. The van der Waals surface area contributed by atoms with Crippen molar-refractivity contribution in [3.63, 3.8) is 0 Å². The molecular weight excluding hydrogens is 203 g/mol. The van der Waals surface area contributed by atoms with Crippen molar-refractivity contribution in [2.24, 2.45) is 0 Å². The Kier molecular flexibility index (Phi) is 5.79. The van der Waals surface area contributed by atoms with Crippen molar-refractivity contribution in [1.82, 2.24) is 0 Å². The Bertz CT molecular complexity index is 293. The highest BCUT2D eigenvalue weighted by atomic mass is 16.5. The third-order valence-corrected chi connectivity index (χ3v) is 2.35. The van der Waals surface area contributed by atoms with E-state index < -0.39 is 0 Å². The Hall–Kier alpha value is -1.16. The summed E-state index contributed by atoms with van der Waals surface area (Å²) in [7, 11) is 5.48. The van der Waals surface area contributed by atoms with E-state index in [0.717, 1.165) is 30.8 Å². The molecule has 0 N–H and O–H groups in total. The van der Waals surface area contributed by atoms with Crippen LogP contribution in [0.25, 0.3) is 0 Å². The molecule has 1 aromatic carbocycles. The van der Waals surface area contributed by atoms with E-state index in [1.807, 2.05) is 12.1 Å². The molecule has 0 saturated carbocycles. The van der Waals surface area contributed by atoms with Crippen LogP contribution < -0.4 is 9.47 Å².